The molecular formula is C13H17NO. The summed E-state index contributed by atoms with van der Waals surface area (Å²) in [6.07, 6.45) is 0.613. The van der Waals surface area contributed by atoms with E-state index in [-0.39, 0.29) is 11.2 Å². The van der Waals surface area contributed by atoms with Crippen LogP contribution in [-0.4, -0.2) is 12.3 Å². The highest BCUT2D eigenvalue weighted by atomic mass is 16.1. The van der Waals surface area contributed by atoms with Gasteiger partial charge in [0, 0.05) is 24.2 Å². The van der Waals surface area contributed by atoms with E-state index in [1.807, 2.05) is 6.07 Å². The molecule has 0 unspecified atom stereocenters. The van der Waals surface area contributed by atoms with Gasteiger partial charge in [0.15, 0.2) is 5.78 Å². The van der Waals surface area contributed by atoms with Gasteiger partial charge in [-0.2, -0.15) is 0 Å². The first-order chi connectivity index (χ1) is 6.98. The highest BCUT2D eigenvalue weighted by Crippen LogP contribution is 2.29. The molecule has 2 heteroatoms. The van der Waals surface area contributed by atoms with Crippen molar-refractivity contribution in [2.24, 2.45) is 0 Å². The summed E-state index contributed by atoms with van der Waals surface area (Å²) >= 11 is 0. The summed E-state index contributed by atoms with van der Waals surface area (Å²) < 4.78 is 0. The van der Waals surface area contributed by atoms with Crippen LogP contribution in [0.25, 0.3) is 0 Å². The van der Waals surface area contributed by atoms with Crippen LogP contribution in [0.4, 0.5) is 5.69 Å². The van der Waals surface area contributed by atoms with Crippen molar-refractivity contribution >= 4 is 11.5 Å². The summed E-state index contributed by atoms with van der Waals surface area (Å²) in [4.78, 5) is 11.6. The van der Waals surface area contributed by atoms with Crippen LogP contribution < -0.4 is 5.32 Å². The summed E-state index contributed by atoms with van der Waals surface area (Å²) in [5.74, 6) is 0.254. The van der Waals surface area contributed by atoms with Crippen molar-refractivity contribution in [3.63, 3.8) is 0 Å². The topological polar surface area (TPSA) is 29.1 Å². The maximum Gasteiger partial charge on any atom is 0.166 e. The SMILES string of the molecule is CC(C)(C)c1ccc2c(c1)NCCC2=O. The number of carbonyl (C=O) groups is 1. The Hall–Kier alpha value is -1.31. The van der Waals surface area contributed by atoms with Gasteiger partial charge in [0.25, 0.3) is 0 Å². The summed E-state index contributed by atoms with van der Waals surface area (Å²) in [5.41, 5.74) is 3.24. The normalized spacial score (nSPS) is 15.8. The molecule has 1 N–H and O–H groups in total. The predicted octanol–water partition coefficient (Wildman–Crippen LogP) is 2.98. The van der Waals surface area contributed by atoms with Crippen LogP contribution in [-0.2, 0) is 5.41 Å². The Morgan fingerprint density at radius 2 is 2.00 bits per heavy atom. The van der Waals surface area contributed by atoms with E-state index in [0.717, 1.165) is 17.8 Å². The van der Waals surface area contributed by atoms with Crippen molar-refractivity contribution in [3.8, 4) is 0 Å². The van der Waals surface area contributed by atoms with Crippen LogP contribution in [0.2, 0.25) is 0 Å². The summed E-state index contributed by atoms with van der Waals surface area (Å²) in [5, 5.41) is 3.28. The van der Waals surface area contributed by atoms with E-state index < -0.39 is 0 Å². The van der Waals surface area contributed by atoms with E-state index in [2.05, 4.69) is 38.2 Å². The zero-order valence-corrected chi connectivity index (χ0v) is 9.55. The lowest BCUT2D eigenvalue weighted by Gasteiger charge is -2.23. The van der Waals surface area contributed by atoms with Crippen molar-refractivity contribution in [2.45, 2.75) is 32.6 Å². The van der Waals surface area contributed by atoms with E-state index in [9.17, 15) is 4.79 Å². The number of rotatable bonds is 0. The zero-order chi connectivity index (χ0) is 11.1. The average Bonchev–Trinajstić information content (AvgIpc) is 2.16. The van der Waals surface area contributed by atoms with Crippen molar-refractivity contribution in [1.82, 2.24) is 0 Å². The fourth-order valence-electron chi connectivity index (χ4n) is 1.85. The number of hydrogen-bond donors (Lipinski definition) is 1. The highest BCUT2D eigenvalue weighted by molar-refractivity contribution is 6.03. The van der Waals surface area contributed by atoms with Crippen molar-refractivity contribution in [1.29, 1.82) is 0 Å². The van der Waals surface area contributed by atoms with Gasteiger partial charge in [-0.3, -0.25) is 4.79 Å². The minimum atomic E-state index is 0.136. The second-order valence-corrected chi connectivity index (χ2v) is 5.11. The molecule has 0 amide bonds. The third-order valence-electron chi connectivity index (χ3n) is 2.85. The van der Waals surface area contributed by atoms with Gasteiger partial charge in [0.1, 0.15) is 0 Å². The predicted molar refractivity (Wildman–Crippen MR) is 62.6 cm³/mol. The highest BCUT2D eigenvalue weighted by Gasteiger charge is 2.20. The molecule has 1 aliphatic heterocycles. The maximum atomic E-state index is 11.6. The fraction of sp³-hybridized carbons (Fsp3) is 0.462. The smallest absolute Gasteiger partial charge is 0.166 e. The first kappa shape index (κ1) is 10.2. The number of hydrogen-bond acceptors (Lipinski definition) is 2. The van der Waals surface area contributed by atoms with Crippen molar-refractivity contribution in [3.05, 3.63) is 29.3 Å². The fourth-order valence-corrected chi connectivity index (χ4v) is 1.85. The third kappa shape index (κ3) is 1.89. The quantitative estimate of drug-likeness (QED) is 0.702. The first-order valence-electron chi connectivity index (χ1n) is 5.40. The third-order valence-corrected chi connectivity index (χ3v) is 2.85. The second kappa shape index (κ2) is 3.37. The molecule has 80 valence electrons. The Bertz CT molecular complexity index is 401. The monoisotopic (exact) mass is 203 g/mol. The van der Waals surface area contributed by atoms with Gasteiger partial charge >= 0.3 is 0 Å². The van der Waals surface area contributed by atoms with Crippen LogP contribution in [0.5, 0.6) is 0 Å². The average molecular weight is 203 g/mol. The molecule has 0 saturated heterocycles. The lowest BCUT2D eigenvalue weighted by molar-refractivity contribution is 0.0983. The molecule has 0 bridgehead atoms. The van der Waals surface area contributed by atoms with E-state index >= 15 is 0 Å². The number of ketones is 1. The molecular weight excluding hydrogens is 186 g/mol. The van der Waals surface area contributed by atoms with Gasteiger partial charge in [-0.1, -0.05) is 26.8 Å². The number of Topliss-reactive ketones (excluding diaryl/α,β-unsaturated/α-hetero) is 1. The van der Waals surface area contributed by atoms with Crippen LogP contribution in [0.3, 0.4) is 0 Å². The van der Waals surface area contributed by atoms with Crippen LogP contribution >= 0.6 is 0 Å². The molecule has 1 aromatic rings. The van der Waals surface area contributed by atoms with E-state index in [4.69, 9.17) is 0 Å². The van der Waals surface area contributed by atoms with Crippen LogP contribution in [0.1, 0.15) is 43.1 Å². The minimum absolute atomic E-state index is 0.136. The van der Waals surface area contributed by atoms with Gasteiger partial charge in [0.05, 0.1) is 0 Å². The number of benzene rings is 1. The zero-order valence-electron chi connectivity index (χ0n) is 9.55. The van der Waals surface area contributed by atoms with E-state index in [1.54, 1.807) is 0 Å². The minimum Gasteiger partial charge on any atom is -0.384 e. The van der Waals surface area contributed by atoms with Gasteiger partial charge in [0.2, 0.25) is 0 Å². The maximum absolute atomic E-state index is 11.6. The second-order valence-electron chi connectivity index (χ2n) is 5.11. The largest absolute Gasteiger partial charge is 0.384 e. The van der Waals surface area contributed by atoms with E-state index in [0.29, 0.717) is 6.42 Å². The summed E-state index contributed by atoms with van der Waals surface area (Å²) in [6, 6.07) is 6.11. The number of carbonyl (C=O) groups excluding carboxylic acids is 1. The Morgan fingerprint density at radius 3 is 2.67 bits per heavy atom. The molecule has 0 aliphatic carbocycles. The lowest BCUT2D eigenvalue weighted by Crippen LogP contribution is -2.19. The molecule has 1 aromatic carbocycles. The van der Waals surface area contributed by atoms with Crippen LogP contribution in [0.15, 0.2) is 18.2 Å². The van der Waals surface area contributed by atoms with Crippen molar-refractivity contribution in [2.75, 3.05) is 11.9 Å². The standard InChI is InChI=1S/C13H17NO/c1-13(2,3)9-4-5-10-11(8-9)14-7-6-12(10)15/h4-5,8,14H,6-7H2,1-3H3. The molecule has 0 fully saturated rings. The number of fused-ring (bicyclic) bond motifs is 1. The molecule has 2 rings (SSSR count). The molecule has 0 spiro atoms. The van der Waals surface area contributed by atoms with E-state index in [1.165, 1.54) is 5.56 Å². The van der Waals surface area contributed by atoms with Gasteiger partial charge in [-0.05, 0) is 23.1 Å². The first-order valence-corrected chi connectivity index (χ1v) is 5.40. The van der Waals surface area contributed by atoms with Crippen LogP contribution in [0, 0.1) is 0 Å². The summed E-state index contributed by atoms with van der Waals surface area (Å²) in [7, 11) is 0. The van der Waals surface area contributed by atoms with Gasteiger partial charge < -0.3 is 5.32 Å². The number of anilines is 1. The Morgan fingerprint density at radius 1 is 1.27 bits per heavy atom. The molecule has 0 aromatic heterocycles. The molecule has 15 heavy (non-hydrogen) atoms. The molecule has 2 nitrogen and oxygen atoms in total. The Balaban J connectivity index is 2.46. The lowest BCUT2D eigenvalue weighted by atomic mass is 9.85. The van der Waals surface area contributed by atoms with Gasteiger partial charge in [-0.25, -0.2) is 0 Å². The van der Waals surface area contributed by atoms with Gasteiger partial charge in [-0.15, -0.1) is 0 Å². The number of nitrogens with one attached hydrogen (secondary N) is 1. The summed E-state index contributed by atoms with van der Waals surface area (Å²) in [6.45, 7) is 7.30. The molecule has 1 heterocycles. The molecule has 0 radical (unpaired) electrons. The molecule has 0 saturated carbocycles. The van der Waals surface area contributed by atoms with Crippen molar-refractivity contribution < 1.29 is 4.79 Å². The Kier molecular flexibility index (Phi) is 2.29. The molecule has 1 aliphatic rings. The Labute approximate surface area is 90.7 Å². The molecule has 0 atom stereocenters.